The van der Waals surface area contributed by atoms with Gasteiger partial charge in [-0.25, -0.2) is 4.79 Å². The van der Waals surface area contributed by atoms with Crippen LogP contribution < -0.4 is 9.47 Å². The second-order valence-electron chi connectivity index (χ2n) is 5.06. The lowest BCUT2D eigenvalue weighted by molar-refractivity contribution is -0.127. The second kappa shape index (κ2) is 8.36. The van der Waals surface area contributed by atoms with Crippen LogP contribution in [0.4, 0.5) is 0 Å². The zero-order valence-electron chi connectivity index (χ0n) is 13.7. The quantitative estimate of drug-likeness (QED) is 0.341. The standard InChI is InChI=1S/C18H18ClNO4/c1-12-10-15(8-9-16(12)19)23-11-14-6-4-5-7-17(14)24-18(21)13(2)20-22-3/h4-10H,11H2,1-3H3. The van der Waals surface area contributed by atoms with Gasteiger partial charge in [0.1, 0.15) is 25.2 Å². The van der Waals surface area contributed by atoms with Gasteiger partial charge in [0.25, 0.3) is 0 Å². The minimum absolute atomic E-state index is 0.126. The van der Waals surface area contributed by atoms with Gasteiger partial charge in [0.2, 0.25) is 0 Å². The lowest BCUT2D eigenvalue weighted by Crippen LogP contribution is -2.18. The Bertz CT molecular complexity index is 758. The first-order valence-corrected chi connectivity index (χ1v) is 7.66. The number of ether oxygens (including phenoxy) is 2. The monoisotopic (exact) mass is 347 g/mol. The van der Waals surface area contributed by atoms with Crippen molar-refractivity contribution in [1.29, 1.82) is 0 Å². The summed E-state index contributed by atoms with van der Waals surface area (Å²) in [6, 6.07) is 12.6. The van der Waals surface area contributed by atoms with E-state index in [2.05, 4.69) is 9.99 Å². The number of halogens is 1. The van der Waals surface area contributed by atoms with Crippen LogP contribution >= 0.6 is 11.6 Å². The highest BCUT2D eigenvalue weighted by atomic mass is 35.5. The molecule has 2 rings (SSSR count). The molecule has 0 N–H and O–H groups in total. The van der Waals surface area contributed by atoms with Gasteiger partial charge < -0.3 is 14.3 Å². The van der Waals surface area contributed by atoms with Crippen molar-refractivity contribution in [2.24, 2.45) is 5.16 Å². The van der Waals surface area contributed by atoms with Gasteiger partial charge in [0.05, 0.1) is 0 Å². The summed E-state index contributed by atoms with van der Waals surface area (Å²) in [4.78, 5) is 16.5. The highest BCUT2D eigenvalue weighted by molar-refractivity contribution is 6.35. The van der Waals surface area contributed by atoms with E-state index in [4.69, 9.17) is 21.1 Å². The molecule has 0 aliphatic rings. The van der Waals surface area contributed by atoms with E-state index in [1.807, 2.05) is 25.1 Å². The molecule has 24 heavy (non-hydrogen) atoms. The molecule has 0 amide bonds. The molecule has 0 spiro atoms. The van der Waals surface area contributed by atoms with Crippen LogP contribution in [0, 0.1) is 6.92 Å². The molecule has 0 saturated carbocycles. The van der Waals surface area contributed by atoms with Crippen molar-refractivity contribution < 1.29 is 19.1 Å². The summed E-state index contributed by atoms with van der Waals surface area (Å²) < 4.78 is 11.1. The molecule has 0 bridgehead atoms. The van der Waals surface area contributed by atoms with E-state index in [1.54, 1.807) is 24.3 Å². The Hall–Kier alpha value is -2.53. The van der Waals surface area contributed by atoms with Crippen molar-refractivity contribution in [1.82, 2.24) is 0 Å². The number of para-hydroxylation sites is 1. The first-order chi connectivity index (χ1) is 11.5. The van der Waals surface area contributed by atoms with Crippen LogP contribution in [0.5, 0.6) is 11.5 Å². The summed E-state index contributed by atoms with van der Waals surface area (Å²) in [5.41, 5.74) is 1.80. The summed E-state index contributed by atoms with van der Waals surface area (Å²) in [5, 5.41) is 4.25. The summed E-state index contributed by atoms with van der Waals surface area (Å²) in [7, 11) is 1.37. The van der Waals surface area contributed by atoms with Gasteiger partial charge >= 0.3 is 5.97 Å². The van der Waals surface area contributed by atoms with E-state index >= 15 is 0 Å². The molecule has 0 atom stereocenters. The number of aryl methyl sites for hydroxylation is 1. The molecule has 6 heteroatoms. The highest BCUT2D eigenvalue weighted by Crippen LogP contribution is 2.24. The van der Waals surface area contributed by atoms with E-state index in [-0.39, 0.29) is 12.3 Å². The lowest BCUT2D eigenvalue weighted by atomic mass is 10.2. The minimum Gasteiger partial charge on any atom is -0.489 e. The smallest absolute Gasteiger partial charge is 0.361 e. The molecule has 0 aliphatic carbocycles. The molecule has 126 valence electrons. The van der Waals surface area contributed by atoms with Crippen LogP contribution in [0.1, 0.15) is 18.1 Å². The average molecular weight is 348 g/mol. The molecule has 2 aromatic rings. The van der Waals surface area contributed by atoms with Gasteiger partial charge in [-0.15, -0.1) is 0 Å². The Morgan fingerprint density at radius 2 is 1.96 bits per heavy atom. The molecule has 0 radical (unpaired) electrons. The SMILES string of the molecule is CON=C(C)C(=O)Oc1ccccc1COc1ccc(Cl)c(C)c1. The maximum Gasteiger partial charge on any atom is 0.361 e. The van der Waals surface area contributed by atoms with Gasteiger partial charge in [0, 0.05) is 10.6 Å². The van der Waals surface area contributed by atoms with E-state index in [9.17, 15) is 4.79 Å². The number of carbonyl (C=O) groups is 1. The van der Waals surface area contributed by atoms with Gasteiger partial charge in [-0.3, -0.25) is 0 Å². The first-order valence-electron chi connectivity index (χ1n) is 7.28. The summed E-state index contributed by atoms with van der Waals surface area (Å²) >= 11 is 6.00. The van der Waals surface area contributed by atoms with Crippen LogP contribution in [0.3, 0.4) is 0 Å². The van der Waals surface area contributed by atoms with Crippen LogP contribution in [0.2, 0.25) is 5.02 Å². The van der Waals surface area contributed by atoms with E-state index in [1.165, 1.54) is 14.0 Å². The number of rotatable bonds is 6. The molecule has 0 aliphatic heterocycles. The van der Waals surface area contributed by atoms with Crippen LogP contribution in [-0.2, 0) is 16.2 Å². The highest BCUT2D eigenvalue weighted by Gasteiger charge is 2.13. The zero-order valence-corrected chi connectivity index (χ0v) is 14.5. The normalized spacial score (nSPS) is 11.1. The Kier molecular flexibility index (Phi) is 6.21. The molecule has 0 unspecified atom stereocenters. The number of benzene rings is 2. The fourth-order valence-electron chi connectivity index (χ4n) is 1.94. The number of esters is 1. The van der Waals surface area contributed by atoms with E-state index in [0.717, 1.165) is 11.1 Å². The van der Waals surface area contributed by atoms with Crippen molar-refractivity contribution in [2.45, 2.75) is 20.5 Å². The zero-order chi connectivity index (χ0) is 17.5. The van der Waals surface area contributed by atoms with Crippen LogP contribution in [0.25, 0.3) is 0 Å². The molecule has 0 fully saturated rings. The van der Waals surface area contributed by atoms with Crippen molar-refractivity contribution in [3.63, 3.8) is 0 Å². The number of nitrogens with zero attached hydrogens (tertiary/aromatic N) is 1. The lowest BCUT2D eigenvalue weighted by Gasteiger charge is -2.12. The Morgan fingerprint density at radius 3 is 2.67 bits per heavy atom. The molecule has 5 nitrogen and oxygen atoms in total. The fourth-order valence-corrected chi connectivity index (χ4v) is 2.06. The van der Waals surface area contributed by atoms with Crippen LogP contribution in [0.15, 0.2) is 47.6 Å². The molecule has 0 heterocycles. The predicted octanol–water partition coefficient (Wildman–Crippen LogP) is 4.16. The maximum absolute atomic E-state index is 11.9. The Balaban J connectivity index is 2.09. The first kappa shape index (κ1) is 17.8. The van der Waals surface area contributed by atoms with Gasteiger partial charge in [-0.1, -0.05) is 35.0 Å². The molecule has 2 aromatic carbocycles. The van der Waals surface area contributed by atoms with E-state index < -0.39 is 5.97 Å². The predicted molar refractivity (Wildman–Crippen MR) is 92.7 cm³/mol. The number of carbonyl (C=O) groups excluding carboxylic acids is 1. The largest absolute Gasteiger partial charge is 0.489 e. The second-order valence-corrected chi connectivity index (χ2v) is 5.46. The summed E-state index contributed by atoms with van der Waals surface area (Å²) in [6.07, 6.45) is 0. The third-order valence-corrected chi connectivity index (χ3v) is 3.65. The van der Waals surface area contributed by atoms with Gasteiger partial charge in [-0.2, -0.15) is 0 Å². The minimum atomic E-state index is -0.577. The summed E-state index contributed by atoms with van der Waals surface area (Å²) in [5.74, 6) is 0.528. The third-order valence-electron chi connectivity index (χ3n) is 3.22. The Labute approximate surface area is 145 Å². The van der Waals surface area contributed by atoms with Crippen LogP contribution in [-0.4, -0.2) is 18.8 Å². The van der Waals surface area contributed by atoms with E-state index in [0.29, 0.717) is 16.5 Å². The van der Waals surface area contributed by atoms with Crippen molar-refractivity contribution in [2.75, 3.05) is 7.11 Å². The molecular weight excluding hydrogens is 330 g/mol. The molecular formula is C18H18ClNO4. The molecule has 0 aromatic heterocycles. The summed E-state index contributed by atoms with van der Waals surface area (Å²) in [6.45, 7) is 3.68. The maximum atomic E-state index is 11.9. The number of hydrogen-bond donors (Lipinski definition) is 0. The fraction of sp³-hybridized carbons (Fsp3) is 0.222. The topological polar surface area (TPSA) is 57.1 Å². The van der Waals surface area contributed by atoms with Gasteiger partial charge in [-0.05, 0) is 43.7 Å². The molecule has 0 saturated heterocycles. The number of oxime groups is 1. The van der Waals surface area contributed by atoms with Crippen molar-refractivity contribution in [3.8, 4) is 11.5 Å². The van der Waals surface area contributed by atoms with Gasteiger partial charge in [0.15, 0.2) is 5.71 Å². The Morgan fingerprint density at radius 1 is 1.21 bits per heavy atom. The number of hydrogen-bond acceptors (Lipinski definition) is 5. The van der Waals surface area contributed by atoms with Crippen molar-refractivity contribution in [3.05, 3.63) is 58.6 Å². The third kappa shape index (κ3) is 4.73. The average Bonchev–Trinajstić information content (AvgIpc) is 2.57. The van der Waals surface area contributed by atoms with Crippen molar-refractivity contribution >= 4 is 23.3 Å².